The minimum absolute atomic E-state index is 0.162. The van der Waals surface area contributed by atoms with Crippen molar-refractivity contribution in [1.82, 2.24) is 20.2 Å². The van der Waals surface area contributed by atoms with Gasteiger partial charge in [-0.25, -0.2) is 9.59 Å². The average Bonchev–Trinajstić information content (AvgIpc) is 3.29. The number of ether oxygens (including phenoxy) is 2. The lowest BCUT2D eigenvalue weighted by Gasteiger charge is -2.45. The van der Waals surface area contributed by atoms with Gasteiger partial charge < -0.3 is 30.1 Å². The van der Waals surface area contributed by atoms with Gasteiger partial charge in [-0.3, -0.25) is 29.1 Å². The third-order valence-corrected chi connectivity index (χ3v) is 13.6. The van der Waals surface area contributed by atoms with E-state index in [1.165, 1.54) is 42.0 Å². The van der Waals surface area contributed by atoms with Crippen LogP contribution >= 0.6 is 23.5 Å². The molecule has 2 fully saturated rings. The summed E-state index contributed by atoms with van der Waals surface area (Å²) >= 11 is 2.88. The van der Waals surface area contributed by atoms with Crippen LogP contribution in [0.2, 0.25) is 0 Å². The first-order chi connectivity index (χ1) is 29.1. The van der Waals surface area contributed by atoms with Crippen LogP contribution in [0.15, 0.2) is 107 Å². The van der Waals surface area contributed by atoms with Crippen molar-refractivity contribution < 1.29 is 43.3 Å². The molecule has 3 N–H and O–H groups in total. The number of Topliss-reactive ketones (excluding diaryl/α,β-unsaturated/α-hetero) is 4. The van der Waals surface area contributed by atoms with Crippen LogP contribution in [-0.2, 0) is 19.1 Å². The molecular formula is C44H39N5O9S2. The first-order valence-electron chi connectivity index (χ1n) is 19.4. The zero-order chi connectivity index (χ0) is 41.9. The van der Waals surface area contributed by atoms with Gasteiger partial charge in [0, 0.05) is 91.1 Å². The number of rotatable bonds is 2. The molecule has 306 valence electrons. The Bertz CT molecular complexity index is 2440. The van der Waals surface area contributed by atoms with Gasteiger partial charge >= 0.3 is 12.0 Å². The van der Waals surface area contributed by atoms with E-state index >= 15 is 0 Å². The van der Waals surface area contributed by atoms with Gasteiger partial charge in [0.15, 0.2) is 0 Å². The fraction of sp³-hybridized carbons (Fsp3) is 0.273. The number of aromatic carboxylic acids is 1. The van der Waals surface area contributed by atoms with E-state index < -0.39 is 34.7 Å². The number of amides is 2. The molecule has 60 heavy (non-hydrogen) atoms. The second-order valence-corrected chi connectivity index (χ2v) is 16.8. The minimum Gasteiger partial charge on any atom is -0.484 e. The fourth-order valence-corrected chi connectivity index (χ4v) is 10.2. The Hall–Kier alpha value is -6.10. The summed E-state index contributed by atoms with van der Waals surface area (Å²) < 4.78 is 12.7. The van der Waals surface area contributed by atoms with Crippen molar-refractivity contribution in [3.8, 4) is 0 Å². The average molecular weight is 846 g/mol. The Kier molecular flexibility index (Phi) is 11.7. The Morgan fingerprint density at radius 3 is 1.62 bits per heavy atom. The van der Waals surface area contributed by atoms with E-state index in [0.717, 1.165) is 37.2 Å². The van der Waals surface area contributed by atoms with Crippen molar-refractivity contribution in [3.63, 3.8) is 0 Å². The van der Waals surface area contributed by atoms with Gasteiger partial charge in [-0.05, 0) is 37.4 Å². The van der Waals surface area contributed by atoms with Gasteiger partial charge in [0.25, 0.3) is 0 Å². The molecule has 4 aromatic rings. The smallest absolute Gasteiger partial charge is 0.337 e. The lowest BCUT2D eigenvalue weighted by atomic mass is 9.90. The van der Waals surface area contributed by atoms with Crippen molar-refractivity contribution in [1.29, 1.82) is 0 Å². The molecule has 2 aromatic carbocycles. The number of ketones is 4. The molecule has 0 atom stereocenters. The lowest BCUT2D eigenvalue weighted by Crippen LogP contribution is -2.51. The molecule has 2 aliphatic carbocycles. The molecule has 4 aliphatic heterocycles. The van der Waals surface area contributed by atoms with E-state index in [-0.39, 0.29) is 17.2 Å². The van der Waals surface area contributed by atoms with Crippen LogP contribution in [0.25, 0.3) is 11.5 Å². The molecular weight excluding hydrogens is 807 g/mol. The van der Waals surface area contributed by atoms with Crippen molar-refractivity contribution in [2.24, 2.45) is 0 Å². The quantitative estimate of drug-likeness (QED) is 0.195. The molecule has 6 aliphatic rings. The number of aromatic nitrogens is 2. The highest BCUT2D eigenvalue weighted by Crippen LogP contribution is 2.48. The van der Waals surface area contributed by atoms with Crippen molar-refractivity contribution in [3.05, 3.63) is 135 Å². The zero-order valence-electron chi connectivity index (χ0n) is 32.2. The number of carboxylic acid groups (broad SMARTS) is 1. The maximum atomic E-state index is 12.6. The number of benzene rings is 2. The van der Waals surface area contributed by atoms with E-state index in [1.54, 1.807) is 59.8 Å². The van der Waals surface area contributed by atoms with E-state index in [0.29, 0.717) is 75.4 Å². The van der Waals surface area contributed by atoms with E-state index in [1.807, 2.05) is 24.3 Å². The van der Waals surface area contributed by atoms with Crippen molar-refractivity contribution >= 4 is 75.9 Å². The summed E-state index contributed by atoms with van der Waals surface area (Å²) in [7, 11) is 0. The van der Waals surface area contributed by atoms with Gasteiger partial charge in [-0.2, -0.15) is 0 Å². The number of hydrogen-bond donors (Lipinski definition) is 3. The first kappa shape index (κ1) is 40.7. The van der Waals surface area contributed by atoms with Crippen LogP contribution < -0.4 is 10.6 Å². The van der Waals surface area contributed by atoms with Gasteiger partial charge in [0.1, 0.15) is 32.5 Å². The highest BCUT2D eigenvalue weighted by atomic mass is 32.2. The number of carbonyl (C=O) groups is 6. The summed E-state index contributed by atoms with van der Waals surface area (Å²) in [5.74, 6) is -0.273. The van der Waals surface area contributed by atoms with Crippen LogP contribution in [0.1, 0.15) is 67.9 Å². The standard InChI is InChI=1S/C22H19N3O4S.C16H15NO3S.C6H5NO2/c26-17-15-5-1-2-6-16(15)19-20(18(17)27)30-13-22(29-19)7-10-25(11-8-22)21(28)24-14-4-3-9-23-12-14;18-12-10-3-1-2-4-11(10)14-15(13(12)19)21-9-16(20-14)5-7-17-8-6-16;8-6(9)5-2-1-3-7-4-5/h1-6,9,12H,7-8,10-11,13H2,(H,24,28);1-4,17H,5-9H2;1-4H,(H,8,9). The van der Waals surface area contributed by atoms with Gasteiger partial charge in [0.2, 0.25) is 23.1 Å². The largest absolute Gasteiger partial charge is 0.484 e. The number of likely N-dealkylation sites (tertiary alicyclic amines) is 1. The summed E-state index contributed by atoms with van der Waals surface area (Å²) in [5.41, 5.74) is 2.52. The summed E-state index contributed by atoms with van der Waals surface area (Å²) in [6.45, 7) is 2.95. The van der Waals surface area contributed by atoms with Crippen LogP contribution in [0, 0.1) is 0 Å². The Morgan fingerprint density at radius 2 is 1.15 bits per heavy atom. The Labute approximate surface area is 353 Å². The van der Waals surface area contributed by atoms with E-state index in [2.05, 4.69) is 20.6 Å². The number of anilines is 1. The predicted molar refractivity (Wildman–Crippen MR) is 225 cm³/mol. The normalized spacial score (nSPS) is 19.5. The molecule has 16 heteroatoms. The summed E-state index contributed by atoms with van der Waals surface area (Å²) in [5, 5.41) is 14.5. The van der Waals surface area contributed by atoms with Crippen molar-refractivity contribution in [2.45, 2.75) is 36.9 Å². The molecule has 2 saturated heterocycles. The highest BCUT2D eigenvalue weighted by Gasteiger charge is 2.47. The molecule has 10 rings (SSSR count). The van der Waals surface area contributed by atoms with Gasteiger partial charge in [0.05, 0.1) is 17.4 Å². The second kappa shape index (κ2) is 17.2. The third kappa shape index (κ3) is 8.22. The van der Waals surface area contributed by atoms with Crippen LogP contribution in [-0.4, -0.2) is 104 Å². The molecule has 14 nitrogen and oxygen atoms in total. The van der Waals surface area contributed by atoms with E-state index in [4.69, 9.17) is 14.6 Å². The van der Waals surface area contributed by atoms with Crippen LogP contribution in [0.4, 0.5) is 10.5 Å². The highest BCUT2D eigenvalue weighted by molar-refractivity contribution is 8.04. The van der Waals surface area contributed by atoms with Crippen LogP contribution in [0.5, 0.6) is 0 Å². The molecule has 2 amide bonds. The molecule has 2 aromatic heterocycles. The number of carboxylic acids is 1. The first-order valence-corrected chi connectivity index (χ1v) is 21.3. The number of allylic oxidation sites excluding steroid dienone is 2. The minimum atomic E-state index is -0.942. The van der Waals surface area contributed by atoms with Gasteiger partial charge in [-0.15, -0.1) is 23.5 Å². The third-order valence-electron chi connectivity index (χ3n) is 11.0. The lowest BCUT2D eigenvalue weighted by molar-refractivity contribution is -0.112. The monoisotopic (exact) mass is 845 g/mol. The molecule has 2 spiro atoms. The number of piperidine rings is 2. The molecule has 6 heterocycles. The number of hydrogen-bond acceptors (Lipinski definition) is 13. The molecule has 0 bridgehead atoms. The van der Waals surface area contributed by atoms with E-state index in [9.17, 15) is 28.8 Å². The number of carbonyl (C=O) groups excluding carboxylic acids is 5. The van der Waals surface area contributed by atoms with Crippen LogP contribution in [0.3, 0.4) is 0 Å². The fourth-order valence-electron chi connectivity index (χ4n) is 7.65. The topological polar surface area (TPSA) is 194 Å². The molecule has 0 saturated carbocycles. The number of thioether (sulfide) groups is 2. The number of pyridine rings is 2. The predicted octanol–water partition coefficient (Wildman–Crippen LogP) is 6.13. The summed E-state index contributed by atoms with van der Waals surface area (Å²) in [4.78, 5) is 82.4. The number of urea groups is 1. The maximum Gasteiger partial charge on any atom is 0.337 e. The SMILES string of the molecule is O=C(O)c1cccnc1.O=C1C(=O)c2ccccc2C2=C1SCC1(CCN(C(=O)Nc3cccnc3)CC1)O2.O=C1C(=O)c2ccccc2C2=C1SCC1(CCNCC1)O2. The molecule has 0 radical (unpaired) electrons. The summed E-state index contributed by atoms with van der Waals surface area (Å²) in [6.07, 6.45) is 9.28. The Balaban J connectivity index is 0.000000143. The summed E-state index contributed by atoms with van der Waals surface area (Å²) in [6, 6.07) is 20.8. The zero-order valence-corrected chi connectivity index (χ0v) is 33.8. The number of nitrogens with zero attached hydrogens (tertiary/aromatic N) is 3. The maximum absolute atomic E-state index is 12.6. The van der Waals surface area contributed by atoms with Crippen molar-refractivity contribution in [2.75, 3.05) is 43.0 Å². The Morgan fingerprint density at radius 1 is 0.650 bits per heavy atom. The second-order valence-electron chi connectivity index (χ2n) is 14.8. The number of fused-ring (bicyclic) bond motifs is 4. The molecule has 0 unspecified atom stereocenters. The number of nitrogens with one attached hydrogen (secondary N) is 2. The van der Waals surface area contributed by atoms with Gasteiger partial charge in [-0.1, -0.05) is 48.5 Å².